The summed E-state index contributed by atoms with van der Waals surface area (Å²) in [6, 6.07) is 9.69. The van der Waals surface area contributed by atoms with E-state index in [0.29, 0.717) is 6.61 Å². The van der Waals surface area contributed by atoms with E-state index in [1.54, 1.807) is 0 Å². The Bertz CT molecular complexity index is 412. The minimum absolute atomic E-state index is 0.156. The van der Waals surface area contributed by atoms with Gasteiger partial charge in [-0.15, -0.1) is 0 Å². The Balaban J connectivity index is 1.88. The molecule has 0 aliphatic carbocycles. The van der Waals surface area contributed by atoms with Crippen LogP contribution >= 0.6 is 0 Å². The summed E-state index contributed by atoms with van der Waals surface area (Å²) in [5, 5.41) is 20.1. The average molecular weight is 298 g/mol. The highest BCUT2D eigenvalue weighted by Gasteiger charge is 2.45. The quantitative estimate of drug-likeness (QED) is 0.787. The molecule has 1 fully saturated rings. The van der Waals surface area contributed by atoms with Gasteiger partial charge < -0.3 is 29.2 Å². The molecule has 6 heteroatoms. The molecule has 0 aromatic heterocycles. The second kappa shape index (κ2) is 7.84. The molecule has 1 aliphatic heterocycles. The molecule has 0 saturated carbocycles. The average Bonchev–Trinajstić information content (AvgIpc) is 2.51. The third-order valence-electron chi connectivity index (χ3n) is 3.57. The SMILES string of the molecule is CO[C@@H]1[C@@H](OC)[C@H](O)[C@@H](COCc2ccccc2)O[C@H]1O. The maximum atomic E-state index is 10.2. The standard InChI is InChI=1S/C15H22O6/c1-18-13-12(16)11(21-15(17)14(13)19-2)9-20-8-10-6-4-3-5-7-10/h3-7,11-17H,8-9H2,1-2H3/t11-,12-,13+,14-,15-/m1/s1. The molecule has 1 aromatic rings. The second-order valence-corrected chi connectivity index (χ2v) is 4.96. The predicted octanol–water partition coefficient (Wildman–Crippen LogP) is 0.311. The molecule has 2 N–H and O–H groups in total. The highest BCUT2D eigenvalue weighted by Crippen LogP contribution is 2.24. The van der Waals surface area contributed by atoms with E-state index >= 15 is 0 Å². The lowest BCUT2D eigenvalue weighted by Gasteiger charge is -2.41. The lowest BCUT2D eigenvalue weighted by atomic mass is 9.99. The Morgan fingerprint density at radius 2 is 1.71 bits per heavy atom. The summed E-state index contributed by atoms with van der Waals surface area (Å²) < 4.78 is 21.2. The Kier molecular flexibility index (Phi) is 6.10. The van der Waals surface area contributed by atoms with Gasteiger partial charge in [-0.3, -0.25) is 0 Å². The van der Waals surface area contributed by atoms with E-state index in [9.17, 15) is 10.2 Å². The molecule has 6 nitrogen and oxygen atoms in total. The van der Waals surface area contributed by atoms with Gasteiger partial charge in [-0.1, -0.05) is 30.3 Å². The topological polar surface area (TPSA) is 77.4 Å². The van der Waals surface area contributed by atoms with Gasteiger partial charge in [-0.2, -0.15) is 0 Å². The van der Waals surface area contributed by atoms with Gasteiger partial charge in [-0.25, -0.2) is 0 Å². The molecule has 0 bridgehead atoms. The zero-order valence-corrected chi connectivity index (χ0v) is 12.2. The van der Waals surface area contributed by atoms with Crippen molar-refractivity contribution in [1.29, 1.82) is 0 Å². The zero-order chi connectivity index (χ0) is 15.2. The predicted molar refractivity (Wildman–Crippen MR) is 74.6 cm³/mol. The first-order valence-corrected chi connectivity index (χ1v) is 6.86. The van der Waals surface area contributed by atoms with Gasteiger partial charge in [0.2, 0.25) is 0 Å². The van der Waals surface area contributed by atoms with E-state index in [2.05, 4.69) is 0 Å². The van der Waals surface area contributed by atoms with Gasteiger partial charge in [0, 0.05) is 14.2 Å². The first-order chi connectivity index (χ1) is 10.2. The van der Waals surface area contributed by atoms with E-state index in [0.717, 1.165) is 5.56 Å². The molecule has 2 rings (SSSR count). The van der Waals surface area contributed by atoms with Crippen LogP contribution in [0.15, 0.2) is 30.3 Å². The lowest BCUT2D eigenvalue weighted by molar-refractivity contribution is -0.298. The number of ether oxygens (including phenoxy) is 4. The second-order valence-electron chi connectivity index (χ2n) is 4.96. The fourth-order valence-corrected chi connectivity index (χ4v) is 2.43. The van der Waals surface area contributed by atoms with E-state index in [1.807, 2.05) is 30.3 Å². The Labute approximate surface area is 124 Å². The first kappa shape index (κ1) is 16.4. The number of rotatable bonds is 6. The smallest absolute Gasteiger partial charge is 0.184 e. The van der Waals surface area contributed by atoms with Crippen molar-refractivity contribution in [2.75, 3.05) is 20.8 Å². The van der Waals surface area contributed by atoms with E-state index in [1.165, 1.54) is 14.2 Å². The van der Waals surface area contributed by atoms with Gasteiger partial charge in [0.05, 0.1) is 13.2 Å². The molecule has 1 heterocycles. The fraction of sp³-hybridized carbons (Fsp3) is 0.600. The van der Waals surface area contributed by atoms with Crippen LogP contribution in [-0.4, -0.2) is 61.7 Å². The number of benzene rings is 1. The highest BCUT2D eigenvalue weighted by molar-refractivity contribution is 5.13. The number of methoxy groups -OCH3 is 2. The molecule has 0 unspecified atom stereocenters. The van der Waals surface area contributed by atoms with Crippen LogP contribution in [0.5, 0.6) is 0 Å². The fourth-order valence-electron chi connectivity index (χ4n) is 2.43. The number of hydrogen-bond donors (Lipinski definition) is 2. The van der Waals surface area contributed by atoms with E-state index < -0.39 is 30.7 Å². The van der Waals surface area contributed by atoms with Crippen LogP contribution in [0.4, 0.5) is 0 Å². The van der Waals surface area contributed by atoms with Crippen molar-refractivity contribution in [1.82, 2.24) is 0 Å². The van der Waals surface area contributed by atoms with Gasteiger partial charge in [0.1, 0.15) is 24.4 Å². The van der Waals surface area contributed by atoms with Crippen LogP contribution in [0.3, 0.4) is 0 Å². The van der Waals surface area contributed by atoms with Gasteiger partial charge in [0.25, 0.3) is 0 Å². The first-order valence-electron chi connectivity index (χ1n) is 6.86. The van der Waals surface area contributed by atoms with Crippen molar-refractivity contribution < 1.29 is 29.2 Å². The maximum Gasteiger partial charge on any atom is 0.184 e. The van der Waals surface area contributed by atoms with Crippen LogP contribution < -0.4 is 0 Å². The molecule has 118 valence electrons. The molecular formula is C15H22O6. The van der Waals surface area contributed by atoms with Crippen LogP contribution in [0.2, 0.25) is 0 Å². The van der Waals surface area contributed by atoms with Crippen molar-refractivity contribution in [3.63, 3.8) is 0 Å². The largest absolute Gasteiger partial charge is 0.387 e. The molecule has 1 saturated heterocycles. The van der Waals surface area contributed by atoms with Gasteiger partial charge >= 0.3 is 0 Å². The van der Waals surface area contributed by atoms with Crippen molar-refractivity contribution in [2.45, 2.75) is 37.3 Å². The normalized spacial score (nSPS) is 33.0. The van der Waals surface area contributed by atoms with E-state index in [4.69, 9.17) is 18.9 Å². The summed E-state index contributed by atoms with van der Waals surface area (Å²) in [4.78, 5) is 0. The monoisotopic (exact) mass is 298 g/mol. The van der Waals surface area contributed by atoms with Crippen molar-refractivity contribution in [2.24, 2.45) is 0 Å². The summed E-state index contributed by atoms with van der Waals surface area (Å²) in [5.74, 6) is 0. The third-order valence-corrected chi connectivity index (χ3v) is 3.57. The summed E-state index contributed by atoms with van der Waals surface area (Å²) >= 11 is 0. The minimum Gasteiger partial charge on any atom is -0.387 e. The summed E-state index contributed by atoms with van der Waals surface area (Å²) in [7, 11) is 2.89. The number of hydrogen-bond acceptors (Lipinski definition) is 6. The Morgan fingerprint density at radius 1 is 1.05 bits per heavy atom. The zero-order valence-electron chi connectivity index (χ0n) is 12.2. The maximum absolute atomic E-state index is 10.2. The highest BCUT2D eigenvalue weighted by atomic mass is 16.7. The van der Waals surface area contributed by atoms with Crippen LogP contribution in [0, 0.1) is 0 Å². The van der Waals surface area contributed by atoms with Gasteiger partial charge in [0.15, 0.2) is 6.29 Å². The Morgan fingerprint density at radius 3 is 2.33 bits per heavy atom. The molecule has 21 heavy (non-hydrogen) atoms. The van der Waals surface area contributed by atoms with Crippen LogP contribution in [0.25, 0.3) is 0 Å². The van der Waals surface area contributed by atoms with Crippen molar-refractivity contribution >= 4 is 0 Å². The van der Waals surface area contributed by atoms with Crippen molar-refractivity contribution in [3.05, 3.63) is 35.9 Å². The summed E-state index contributed by atoms with van der Waals surface area (Å²) in [6.07, 6.45) is -4.15. The van der Waals surface area contributed by atoms with Crippen LogP contribution in [-0.2, 0) is 25.6 Å². The molecule has 1 aromatic carbocycles. The van der Waals surface area contributed by atoms with Crippen molar-refractivity contribution in [3.8, 4) is 0 Å². The van der Waals surface area contributed by atoms with Crippen LogP contribution in [0.1, 0.15) is 5.56 Å². The number of aliphatic hydroxyl groups is 2. The molecule has 0 spiro atoms. The lowest BCUT2D eigenvalue weighted by Crippen LogP contribution is -2.59. The molecule has 5 atom stereocenters. The van der Waals surface area contributed by atoms with Gasteiger partial charge in [-0.05, 0) is 5.56 Å². The molecular weight excluding hydrogens is 276 g/mol. The molecule has 0 amide bonds. The molecule has 1 aliphatic rings. The number of aliphatic hydroxyl groups excluding tert-OH is 2. The minimum atomic E-state index is -1.16. The molecule has 0 radical (unpaired) electrons. The third kappa shape index (κ3) is 4.00. The Hall–Kier alpha value is -1.02. The summed E-state index contributed by atoms with van der Waals surface area (Å²) in [6.45, 7) is 0.568. The summed E-state index contributed by atoms with van der Waals surface area (Å²) in [5.41, 5.74) is 1.03. The van der Waals surface area contributed by atoms with E-state index in [-0.39, 0.29) is 6.61 Å².